The van der Waals surface area contributed by atoms with Crippen LogP contribution in [0.1, 0.15) is 37.6 Å². The summed E-state index contributed by atoms with van der Waals surface area (Å²) in [5, 5.41) is 12.2. The van der Waals surface area contributed by atoms with Gasteiger partial charge in [0.05, 0.1) is 17.4 Å². The number of pyridine rings is 1. The quantitative estimate of drug-likeness (QED) is 0.762. The number of rotatable bonds is 5. The summed E-state index contributed by atoms with van der Waals surface area (Å²) in [6, 6.07) is 1.63. The van der Waals surface area contributed by atoms with Crippen LogP contribution in [0.2, 0.25) is 0 Å². The minimum Gasteiger partial charge on any atom is -0.478 e. The molecule has 2 rings (SSSR count). The number of nitrogen functional groups attached to an aromatic ring is 1. The number of anilines is 2. The maximum atomic E-state index is 10.8. The number of aromatic carboxylic acids is 1. The average Bonchev–Trinajstić information content (AvgIpc) is 2.39. The lowest BCUT2D eigenvalue weighted by atomic mass is 9.64. The second-order valence-corrected chi connectivity index (χ2v) is 5.66. The highest BCUT2D eigenvalue weighted by molar-refractivity contribution is 5.89. The highest BCUT2D eigenvalue weighted by atomic mass is 16.5. The van der Waals surface area contributed by atoms with Crippen LogP contribution < -0.4 is 11.1 Å². The Balaban J connectivity index is 2.07. The molecule has 6 nitrogen and oxygen atoms in total. The number of carboxylic acid groups (broad SMARTS) is 1. The monoisotopic (exact) mass is 279 g/mol. The summed E-state index contributed by atoms with van der Waals surface area (Å²) >= 11 is 0. The summed E-state index contributed by atoms with van der Waals surface area (Å²) in [5.74, 6) is -0.501. The Morgan fingerprint density at radius 3 is 2.85 bits per heavy atom. The smallest absolute Gasteiger partial charge is 0.337 e. The molecule has 1 aliphatic carbocycles. The Kier molecular flexibility index (Phi) is 3.85. The molecule has 1 aromatic rings. The minimum absolute atomic E-state index is 0.00437. The van der Waals surface area contributed by atoms with E-state index >= 15 is 0 Å². The molecule has 1 aliphatic rings. The number of aromatic nitrogens is 1. The molecule has 1 fully saturated rings. The van der Waals surface area contributed by atoms with E-state index in [0.717, 1.165) is 6.42 Å². The van der Waals surface area contributed by atoms with E-state index in [0.29, 0.717) is 18.1 Å². The van der Waals surface area contributed by atoms with Gasteiger partial charge in [0.1, 0.15) is 5.82 Å². The first-order valence-corrected chi connectivity index (χ1v) is 6.73. The van der Waals surface area contributed by atoms with Crippen LogP contribution in [0.25, 0.3) is 0 Å². The number of hydrogen-bond acceptors (Lipinski definition) is 5. The van der Waals surface area contributed by atoms with Crippen molar-refractivity contribution in [3.8, 4) is 0 Å². The predicted molar refractivity (Wildman–Crippen MR) is 76.8 cm³/mol. The van der Waals surface area contributed by atoms with Crippen molar-refractivity contribution in [1.29, 1.82) is 0 Å². The van der Waals surface area contributed by atoms with Crippen LogP contribution in [0.4, 0.5) is 11.5 Å². The number of ether oxygens (including phenoxy) is 1. The zero-order valence-electron chi connectivity index (χ0n) is 12.0. The van der Waals surface area contributed by atoms with E-state index in [4.69, 9.17) is 15.6 Å². The van der Waals surface area contributed by atoms with Crippen molar-refractivity contribution in [2.75, 3.05) is 17.7 Å². The van der Waals surface area contributed by atoms with E-state index in [1.165, 1.54) is 12.3 Å². The second kappa shape index (κ2) is 5.28. The highest BCUT2D eigenvalue weighted by Crippen LogP contribution is 2.44. The van der Waals surface area contributed by atoms with Crippen LogP contribution in [0, 0.1) is 5.41 Å². The molecule has 1 aromatic heterocycles. The molecule has 6 heteroatoms. The minimum atomic E-state index is -1.03. The summed E-state index contributed by atoms with van der Waals surface area (Å²) in [6.07, 6.45) is 2.43. The van der Waals surface area contributed by atoms with Gasteiger partial charge in [0.25, 0.3) is 0 Å². The Labute approximate surface area is 118 Å². The van der Waals surface area contributed by atoms with E-state index in [9.17, 15) is 4.79 Å². The third-order valence-electron chi connectivity index (χ3n) is 4.02. The Hall–Kier alpha value is -1.82. The summed E-state index contributed by atoms with van der Waals surface area (Å²) in [5.41, 5.74) is 6.28. The van der Waals surface area contributed by atoms with Gasteiger partial charge in [-0.3, -0.25) is 0 Å². The third kappa shape index (κ3) is 2.56. The SMILES string of the molecule is CCOC1CC(Nc2ncc(C(=O)O)cc2N)C1(C)C. The van der Waals surface area contributed by atoms with Crippen LogP contribution in [-0.4, -0.2) is 34.8 Å². The van der Waals surface area contributed by atoms with Crippen molar-refractivity contribution in [3.05, 3.63) is 17.8 Å². The number of nitrogens with zero attached hydrogens (tertiary/aromatic N) is 1. The molecular formula is C14H21N3O3. The lowest BCUT2D eigenvalue weighted by Crippen LogP contribution is -2.58. The van der Waals surface area contributed by atoms with Gasteiger partial charge in [-0.15, -0.1) is 0 Å². The molecule has 0 radical (unpaired) electrons. The maximum Gasteiger partial charge on any atom is 0.337 e. The van der Waals surface area contributed by atoms with Gasteiger partial charge in [-0.05, 0) is 19.4 Å². The van der Waals surface area contributed by atoms with Gasteiger partial charge < -0.3 is 20.9 Å². The Bertz CT molecular complexity index is 516. The lowest BCUT2D eigenvalue weighted by molar-refractivity contribution is -0.0976. The summed E-state index contributed by atoms with van der Waals surface area (Å²) in [6.45, 7) is 6.96. The van der Waals surface area contributed by atoms with Crippen LogP contribution in [0.15, 0.2) is 12.3 Å². The van der Waals surface area contributed by atoms with E-state index in [2.05, 4.69) is 24.1 Å². The molecular weight excluding hydrogens is 258 g/mol. The van der Waals surface area contributed by atoms with Crippen molar-refractivity contribution in [2.24, 2.45) is 5.41 Å². The number of carboxylic acids is 1. The fourth-order valence-corrected chi connectivity index (χ4v) is 2.50. The average molecular weight is 279 g/mol. The molecule has 2 atom stereocenters. The fourth-order valence-electron chi connectivity index (χ4n) is 2.50. The first kappa shape index (κ1) is 14.6. The normalized spacial score (nSPS) is 23.9. The van der Waals surface area contributed by atoms with Crippen LogP contribution in [0.5, 0.6) is 0 Å². The van der Waals surface area contributed by atoms with Gasteiger partial charge >= 0.3 is 5.97 Å². The van der Waals surface area contributed by atoms with Crippen molar-refractivity contribution in [3.63, 3.8) is 0 Å². The standard InChI is InChI=1S/C14H21N3O3/c1-4-20-11-6-10(14(11,2)3)17-12-9(15)5-8(7-16-12)13(18)19/h5,7,10-11H,4,6,15H2,1-3H3,(H,16,17)(H,18,19). The molecule has 0 amide bonds. The first-order valence-electron chi connectivity index (χ1n) is 6.73. The van der Waals surface area contributed by atoms with Gasteiger partial charge in [0, 0.05) is 24.3 Å². The largest absolute Gasteiger partial charge is 0.478 e. The molecule has 0 aliphatic heterocycles. The zero-order chi connectivity index (χ0) is 14.9. The van der Waals surface area contributed by atoms with Gasteiger partial charge in [-0.2, -0.15) is 0 Å². The van der Waals surface area contributed by atoms with Crippen LogP contribution >= 0.6 is 0 Å². The molecule has 0 aromatic carbocycles. The molecule has 110 valence electrons. The van der Waals surface area contributed by atoms with E-state index in [1.54, 1.807) is 0 Å². The molecule has 20 heavy (non-hydrogen) atoms. The number of nitrogens with one attached hydrogen (secondary N) is 1. The van der Waals surface area contributed by atoms with Gasteiger partial charge in [0.2, 0.25) is 0 Å². The molecule has 0 bridgehead atoms. The second-order valence-electron chi connectivity index (χ2n) is 5.66. The van der Waals surface area contributed by atoms with Crippen LogP contribution in [0.3, 0.4) is 0 Å². The van der Waals surface area contributed by atoms with Gasteiger partial charge in [-0.25, -0.2) is 9.78 Å². The zero-order valence-corrected chi connectivity index (χ0v) is 12.0. The Morgan fingerprint density at radius 2 is 2.35 bits per heavy atom. The van der Waals surface area contributed by atoms with E-state index in [-0.39, 0.29) is 23.1 Å². The van der Waals surface area contributed by atoms with Crippen LogP contribution in [-0.2, 0) is 4.74 Å². The summed E-state index contributed by atoms with van der Waals surface area (Å²) in [7, 11) is 0. The fraction of sp³-hybridized carbons (Fsp3) is 0.571. The third-order valence-corrected chi connectivity index (χ3v) is 4.02. The summed E-state index contributed by atoms with van der Waals surface area (Å²) < 4.78 is 5.67. The first-order chi connectivity index (χ1) is 9.36. The number of carbonyl (C=O) groups is 1. The summed E-state index contributed by atoms with van der Waals surface area (Å²) in [4.78, 5) is 14.9. The van der Waals surface area contributed by atoms with E-state index in [1.807, 2.05) is 6.92 Å². The molecule has 0 saturated heterocycles. The predicted octanol–water partition coefficient (Wildman–Crippen LogP) is 1.98. The molecule has 4 N–H and O–H groups in total. The molecule has 0 spiro atoms. The molecule has 1 saturated carbocycles. The van der Waals surface area contributed by atoms with Crippen molar-refractivity contribution < 1.29 is 14.6 Å². The topological polar surface area (TPSA) is 97.5 Å². The lowest BCUT2D eigenvalue weighted by Gasteiger charge is -2.51. The van der Waals surface area contributed by atoms with E-state index < -0.39 is 5.97 Å². The molecule has 1 heterocycles. The molecule has 2 unspecified atom stereocenters. The Morgan fingerprint density at radius 1 is 1.65 bits per heavy atom. The number of nitrogens with two attached hydrogens (primary N) is 1. The van der Waals surface area contributed by atoms with Crippen molar-refractivity contribution >= 4 is 17.5 Å². The van der Waals surface area contributed by atoms with Gasteiger partial charge in [0.15, 0.2) is 0 Å². The number of hydrogen-bond donors (Lipinski definition) is 3. The van der Waals surface area contributed by atoms with Gasteiger partial charge in [-0.1, -0.05) is 13.8 Å². The van der Waals surface area contributed by atoms with Crippen molar-refractivity contribution in [1.82, 2.24) is 4.98 Å². The highest BCUT2D eigenvalue weighted by Gasteiger charge is 2.49. The maximum absolute atomic E-state index is 10.8. The van der Waals surface area contributed by atoms with Crippen molar-refractivity contribution in [2.45, 2.75) is 39.3 Å².